The normalized spacial score (nSPS) is 12.1. The molecule has 1 atom stereocenters. The predicted molar refractivity (Wildman–Crippen MR) is 90.2 cm³/mol. The third-order valence-corrected chi connectivity index (χ3v) is 4.16. The topological polar surface area (TPSA) is 43.1 Å². The number of furan rings is 1. The number of benzene rings is 1. The van der Waals surface area contributed by atoms with E-state index in [-0.39, 0.29) is 18.1 Å². The number of halogens is 2. The number of aromatic nitrogens is 1. The first-order valence-electron chi connectivity index (χ1n) is 7.06. The maximum Gasteiger partial charge on any atom is 0.165 e. The molecule has 0 N–H and O–H groups in total. The van der Waals surface area contributed by atoms with Crippen molar-refractivity contribution in [3.8, 4) is 0 Å². The van der Waals surface area contributed by atoms with Crippen LogP contribution < -0.4 is 0 Å². The van der Waals surface area contributed by atoms with Gasteiger partial charge in [0.2, 0.25) is 0 Å². The number of carbonyl (C=O) groups is 1. The molecule has 5 heteroatoms. The molecule has 2 heterocycles. The monoisotopic (exact) mass is 345 g/mol. The first-order valence-corrected chi connectivity index (χ1v) is 7.82. The summed E-state index contributed by atoms with van der Waals surface area (Å²) in [4.78, 5) is 16.5. The quantitative estimate of drug-likeness (QED) is 0.582. The molecule has 0 aliphatic carbocycles. The molecule has 0 spiro atoms. The molecule has 3 nitrogen and oxygen atoms in total. The van der Waals surface area contributed by atoms with Crippen LogP contribution in [0.2, 0.25) is 10.0 Å². The molecule has 0 radical (unpaired) electrons. The van der Waals surface area contributed by atoms with Crippen LogP contribution in [0.3, 0.4) is 0 Å². The summed E-state index contributed by atoms with van der Waals surface area (Å²) < 4.78 is 5.51. The van der Waals surface area contributed by atoms with Crippen LogP contribution in [0.25, 0.3) is 0 Å². The van der Waals surface area contributed by atoms with E-state index in [0.717, 1.165) is 5.56 Å². The molecule has 0 aliphatic rings. The Kier molecular flexibility index (Phi) is 4.79. The lowest BCUT2D eigenvalue weighted by atomic mass is 9.90. The number of hydrogen-bond donors (Lipinski definition) is 0. The molecule has 1 aromatic carbocycles. The molecule has 116 valence electrons. The zero-order valence-corrected chi connectivity index (χ0v) is 13.6. The van der Waals surface area contributed by atoms with Crippen LogP contribution in [0.5, 0.6) is 0 Å². The van der Waals surface area contributed by atoms with E-state index in [0.29, 0.717) is 21.4 Å². The number of ketones is 1. The molecule has 0 saturated carbocycles. The second-order valence-corrected chi connectivity index (χ2v) is 5.95. The third-order valence-electron chi connectivity index (χ3n) is 3.60. The average molecular weight is 346 g/mol. The minimum atomic E-state index is -0.275. The second kappa shape index (κ2) is 6.99. The summed E-state index contributed by atoms with van der Waals surface area (Å²) in [7, 11) is 0. The third kappa shape index (κ3) is 3.63. The van der Waals surface area contributed by atoms with E-state index in [1.807, 2.05) is 12.1 Å². The Morgan fingerprint density at radius 3 is 2.70 bits per heavy atom. The summed E-state index contributed by atoms with van der Waals surface area (Å²) in [5, 5.41) is 1.06. The lowest BCUT2D eigenvalue weighted by Crippen LogP contribution is -2.09. The van der Waals surface area contributed by atoms with Crippen molar-refractivity contribution in [2.75, 3.05) is 0 Å². The van der Waals surface area contributed by atoms with Crippen LogP contribution in [0, 0.1) is 0 Å². The Morgan fingerprint density at radius 1 is 1.17 bits per heavy atom. The van der Waals surface area contributed by atoms with Crippen LogP contribution in [0.15, 0.2) is 65.5 Å². The highest BCUT2D eigenvalue weighted by atomic mass is 35.5. The first-order chi connectivity index (χ1) is 11.1. The average Bonchev–Trinajstić information content (AvgIpc) is 3.08. The van der Waals surface area contributed by atoms with Crippen LogP contribution in [0.4, 0.5) is 0 Å². The Bertz CT molecular complexity index is 801. The van der Waals surface area contributed by atoms with Crippen molar-refractivity contribution in [3.63, 3.8) is 0 Å². The van der Waals surface area contributed by atoms with Gasteiger partial charge in [0, 0.05) is 34.4 Å². The molecule has 2 aromatic heterocycles. The van der Waals surface area contributed by atoms with Gasteiger partial charge in [-0.25, -0.2) is 0 Å². The van der Waals surface area contributed by atoms with Crippen molar-refractivity contribution < 1.29 is 9.21 Å². The van der Waals surface area contributed by atoms with E-state index in [1.54, 1.807) is 49.0 Å². The van der Waals surface area contributed by atoms with Gasteiger partial charge in [0.25, 0.3) is 0 Å². The van der Waals surface area contributed by atoms with Crippen molar-refractivity contribution >= 4 is 29.0 Å². The lowest BCUT2D eigenvalue weighted by Gasteiger charge is -2.16. The number of nitrogens with zero attached hydrogens (tertiary/aromatic N) is 1. The van der Waals surface area contributed by atoms with Crippen LogP contribution in [-0.2, 0) is 0 Å². The van der Waals surface area contributed by atoms with Gasteiger partial charge in [0.05, 0.1) is 12.2 Å². The molecule has 3 rings (SSSR count). The van der Waals surface area contributed by atoms with E-state index < -0.39 is 0 Å². The minimum Gasteiger partial charge on any atom is -0.469 e. The molecular weight excluding hydrogens is 333 g/mol. The summed E-state index contributed by atoms with van der Waals surface area (Å²) in [5.41, 5.74) is 1.37. The number of pyridine rings is 1. The summed E-state index contributed by atoms with van der Waals surface area (Å²) in [6.07, 6.45) is 5.02. The molecule has 0 aliphatic heterocycles. The Hall–Kier alpha value is -2.10. The van der Waals surface area contributed by atoms with Gasteiger partial charge in [-0.05, 0) is 42.0 Å². The van der Waals surface area contributed by atoms with E-state index >= 15 is 0 Å². The first kappa shape index (κ1) is 15.8. The van der Waals surface area contributed by atoms with E-state index in [4.69, 9.17) is 27.6 Å². The molecule has 23 heavy (non-hydrogen) atoms. The van der Waals surface area contributed by atoms with E-state index in [9.17, 15) is 4.79 Å². The fourth-order valence-corrected chi connectivity index (χ4v) is 3.01. The van der Waals surface area contributed by atoms with Crippen molar-refractivity contribution in [2.24, 2.45) is 0 Å². The van der Waals surface area contributed by atoms with Gasteiger partial charge in [-0.15, -0.1) is 0 Å². The highest BCUT2D eigenvalue weighted by molar-refractivity contribution is 6.35. The van der Waals surface area contributed by atoms with Gasteiger partial charge in [-0.2, -0.15) is 0 Å². The van der Waals surface area contributed by atoms with Gasteiger partial charge in [-0.1, -0.05) is 29.3 Å². The zero-order valence-electron chi connectivity index (χ0n) is 12.1. The SMILES string of the molecule is O=C(CC(c1ccco1)c1ccc(Cl)cc1Cl)c1cccnc1. The van der Waals surface area contributed by atoms with Crippen molar-refractivity contribution in [2.45, 2.75) is 12.3 Å². The number of rotatable bonds is 5. The van der Waals surface area contributed by atoms with Gasteiger partial charge in [0.1, 0.15) is 5.76 Å². The van der Waals surface area contributed by atoms with E-state index in [1.165, 1.54) is 0 Å². The zero-order chi connectivity index (χ0) is 16.2. The lowest BCUT2D eigenvalue weighted by molar-refractivity contribution is 0.0974. The van der Waals surface area contributed by atoms with Crippen LogP contribution in [-0.4, -0.2) is 10.8 Å². The summed E-state index contributed by atoms with van der Waals surface area (Å²) in [6.45, 7) is 0. The fraction of sp³-hybridized carbons (Fsp3) is 0.111. The molecule has 1 unspecified atom stereocenters. The van der Waals surface area contributed by atoms with Crippen LogP contribution >= 0.6 is 23.2 Å². The maximum atomic E-state index is 12.6. The van der Waals surface area contributed by atoms with Crippen molar-refractivity contribution in [1.82, 2.24) is 4.98 Å². The number of carbonyl (C=O) groups excluding carboxylic acids is 1. The molecular formula is C18H13Cl2NO2. The van der Waals surface area contributed by atoms with Gasteiger partial charge in [0.15, 0.2) is 5.78 Å². The molecule has 0 amide bonds. The predicted octanol–water partition coefficient (Wildman–Crippen LogP) is 5.39. The van der Waals surface area contributed by atoms with Crippen LogP contribution in [0.1, 0.15) is 34.0 Å². The molecule has 0 bridgehead atoms. The largest absolute Gasteiger partial charge is 0.469 e. The number of hydrogen-bond acceptors (Lipinski definition) is 3. The highest BCUT2D eigenvalue weighted by Crippen LogP contribution is 2.35. The summed E-state index contributed by atoms with van der Waals surface area (Å²) in [5.74, 6) is 0.388. The van der Waals surface area contributed by atoms with Crippen molar-refractivity contribution in [3.05, 3.63) is 88.1 Å². The molecule has 3 aromatic rings. The second-order valence-electron chi connectivity index (χ2n) is 5.10. The summed E-state index contributed by atoms with van der Waals surface area (Å²) >= 11 is 12.3. The minimum absolute atomic E-state index is 0.0227. The maximum absolute atomic E-state index is 12.6. The van der Waals surface area contributed by atoms with Crippen molar-refractivity contribution in [1.29, 1.82) is 0 Å². The smallest absolute Gasteiger partial charge is 0.165 e. The Balaban J connectivity index is 1.95. The Morgan fingerprint density at radius 2 is 2.04 bits per heavy atom. The van der Waals surface area contributed by atoms with Gasteiger partial charge >= 0.3 is 0 Å². The van der Waals surface area contributed by atoms with Gasteiger partial charge < -0.3 is 4.42 Å². The van der Waals surface area contributed by atoms with Gasteiger partial charge in [-0.3, -0.25) is 9.78 Å². The summed E-state index contributed by atoms with van der Waals surface area (Å²) in [6, 6.07) is 12.4. The Labute approximate surface area is 143 Å². The highest BCUT2D eigenvalue weighted by Gasteiger charge is 2.23. The number of Topliss-reactive ketones (excluding diaryl/α,β-unsaturated/α-hetero) is 1. The fourth-order valence-electron chi connectivity index (χ4n) is 2.47. The molecule has 0 saturated heterocycles. The van der Waals surface area contributed by atoms with E-state index in [2.05, 4.69) is 4.98 Å². The molecule has 0 fully saturated rings. The standard InChI is InChI=1S/C18H13Cl2NO2/c19-13-5-6-14(16(20)9-13)15(18-4-2-8-23-18)10-17(22)12-3-1-7-21-11-12/h1-9,11,15H,10H2.